The normalized spacial score (nSPS) is 25.3. The Bertz CT molecular complexity index is 367. The number of hydrogen-bond donors (Lipinski definition) is 1. The topological polar surface area (TPSA) is 24.5 Å². The molecule has 1 aliphatic rings. The van der Waals surface area contributed by atoms with E-state index in [4.69, 9.17) is 4.74 Å². The lowest BCUT2D eigenvalue weighted by Crippen LogP contribution is -2.48. The van der Waals surface area contributed by atoms with E-state index >= 15 is 0 Å². The van der Waals surface area contributed by atoms with E-state index in [2.05, 4.69) is 57.3 Å². The monoisotopic (exact) mass is 312 g/mol. The molecule has 18 heavy (non-hydrogen) atoms. The van der Waals surface area contributed by atoms with Crippen LogP contribution in [0.2, 0.25) is 0 Å². The molecule has 1 N–H and O–H groups in total. The van der Waals surface area contributed by atoms with Gasteiger partial charge in [0.25, 0.3) is 0 Å². The second-order valence-corrected chi connectivity index (χ2v) is 5.51. The van der Waals surface area contributed by atoms with Crippen LogP contribution in [0.15, 0.2) is 28.7 Å². The number of halogens is 1. The zero-order valence-electron chi connectivity index (χ0n) is 11.0. The highest BCUT2D eigenvalue weighted by Gasteiger charge is 2.32. The van der Waals surface area contributed by atoms with E-state index < -0.39 is 0 Å². The quantitative estimate of drug-likeness (QED) is 0.924. The van der Waals surface area contributed by atoms with E-state index in [1.54, 1.807) is 0 Å². The lowest BCUT2D eigenvalue weighted by atomic mass is 9.98. The van der Waals surface area contributed by atoms with Crippen molar-refractivity contribution in [2.45, 2.75) is 19.1 Å². The molecule has 2 rings (SSSR count). The van der Waals surface area contributed by atoms with Crippen molar-refractivity contribution in [1.82, 2.24) is 10.2 Å². The van der Waals surface area contributed by atoms with Crippen molar-refractivity contribution in [3.63, 3.8) is 0 Å². The van der Waals surface area contributed by atoms with Gasteiger partial charge in [-0.2, -0.15) is 0 Å². The van der Waals surface area contributed by atoms with Crippen LogP contribution < -0.4 is 5.32 Å². The molecule has 1 aliphatic heterocycles. The summed E-state index contributed by atoms with van der Waals surface area (Å²) in [7, 11) is 1.98. The summed E-state index contributed by atoms with van der Waals surface area (Å²) < 4.78 is 7.05. The maximum absolute atomic E-state index is 5.93. The summed E-state index contributed by atoms with van der Waals surface area (Å²) in [4.78, 5) is 2.49. The molecular formula is C14H21BrN2O. The summed E-state index contributed by atoms with van der Waals surface area (Å²) >= 11 is 3.49. The predicted molar refractivity (Wildman–Crippen MR) is 77.8 cm³/mol. The molecule has 0 amide bonds. The van der Waals surface area contributed by atoms with Crippen LogP contribution in [-0.2, 0) is 4.74 Å². The third-order valence-corrected chi connectivity index (χ3v) is 4.01. The summed E-state index contributed by atoms with van der Waals surface area (Å²) in [5.41, 5.74) is 1.33. The molecule has 2 atom stereocenters. The molecule has 0 bridgehead atoms. The van der Waals surface area contributed by atoms with Gasteiger partial charge in [-0.25, -0.2) is 0 Å². The van der Waals surface area contributed by atoms with Crippen LogP contribution in [0.3, 0.4) is 0 Å². The maximum atomic E-state index is 5.93. The molecule has 100 valence electrons. The van der Waals surface area contributed by atoms with Gasteiger partial charge in [-0.05, 0) is 31.3 Å². The van der Waals surface area contributed by atoms with Gasteiger partial charge in [0.1, 0.15) is 0 Å². The highest BCUT2D eigenvalue weighted by atomic mass is 79.9. The zero-order valence-corrected chi connectivity index (χ0v) is 12.6. The van der Waals surface area contributed by atoms with E-state index in [1.165, 1.54) is 5.56 Å². The molecule has 4 heteroatoms. The van der Waals surface area contributed by atoms with Crippen LogP contribution in [-0.4, -0.2) is 44.3 Å². The largest absolute Gasteiger partial charge is 0.374 e. The Hall–Kier alpha value is -0.420. The summed E-state index contributed by atoms with van der Waals surface area (Å²) in [5, 5.41) is 3.23. The van der Waals surface area contributed by atoms with Gasteiger partial charge < -0.3 is 10.1 Å². The van der Waals surface area contributed by atoms with E-state index in [9.17, 15) is 0 Å². The lowest BCUT2D eigenvalue weighted by molar-refractivity contribution is -0.0686. The van der Waals surface area contributed by atoms with Gasteiger partial charge in [-0.15, -0.1) is 0 Å². The van der Waals surface area contributed by atoms with Crippen molar-refractivity contribution in [3.05, 3.63) is 34.3 Å². The fraction of sp³-hybridized carbons (Fsp3) is 0.571. The van der Waals surface area contributed by atoms with Crippen molar-refractivity contribution in [3.8, 4) is 0 Å². The van der Waals surface area contributed by atoms with Crippen molar-refractivity contribution in [2.75, 3.05) is 33.3 Å². The number of rotatable bonds is 4. The summed E-state index contributed by atoms with van der Waals surface area (Å²) in [6.45, 7) is 6.00. The number of nitrogens with one attached hydrogen (secondary N) is 1. The molecule has 1 aromatic rings. The van der Waals surface area contributed by atoms with Crippen LogP contribution in [0.5, 0.6) is 0 Å². The molecule has 1 aromatic carbocycles. The number of likely N-dealkylation sites (N-methyl/N-ethyl adjacent to an activating group) is 2. The van der Waals surface area contributed by atoms with Crippen molar-refractivity contribution in [2.24, 2.45) is 0 Å². The Morgan fingerprint density at radius 3 is 2.72 bits per heavy atom. The molecule has 0 saturated carbocycles. The van der Waals surface area contributed by atoms with E-state index in [1.807, 2.05) is 7.05 Å². The van der Waals surface area contributed by atoms with Crippen LogP contribution in [0, 0.1) is 0 Å². The third kappa shape index (κ3) is 3.12. The Kier molecular flexibility index (Phi) is 5.18. The number of nitrogens with zero attached hydrogens (tertiary/aromatic N) is 1. The SMILES string of the molecule is CCN1CCOC(CNC)C1c1ccc(Br)cc1. The Balaban J connectivity index is 2.24. The third-order valence-electron chi connectivity index (χ3n) is 3.48. The van der Waals surface area contributed by atoms with Crippen LogP contribution >= 0.6 is 15.9 Å². The highest BCUT2D eigenvalue weighted by Crippen LogP contribution is 2.29. The number of ether oxygens (including phenoxy) is 1. The minimum absolute atomic E-state index is 0.227. The molecule has 0 aliphatic carbocycles. The summed E-state index contributed by atoms with van der Waals surface area (Å²) in [6.07, 6.45) is 0.227. The van der Waals surface area contributed by atoms with Crippen LogP contribution in [0.4, 0.5) is 0 Å². The Morgan fingerprint density at radius 1 is 1.39 bits per heavy atom. The van der Waals surface area contributed by atoms with Gasteiger partial charge in [-0.1, -0.05) is 35.0 Å². The van der Waals surface area contributed by atoms with Crippen molar-refractivity contribution >= 4 is 15.9 Å². The standard InChI is InChI=1S/C14H21BrN2O/c1-3-17-8-9-18-13(10-16-2)14(17)11-4-6-12(15)7-5-11/h4-7,13-14,16H,3,8-10H2,1-2H3. The smallest absolute Gasteiger partial charge is 0.0896 e. The van der Waals surface area contributed by atoms with Crippen molar-refractivity contribution < 1.29 is 4.74 Å². The first-order chi connectivity index (χ1) is 8.76. The highest BCUT2D eigenvalue weighted by molar-refractivity contribution is 9.10. The van der Waals surface area contributed by atoms with Crippen LogP contribution in [0.25, 0.3) is 0 Å². The van der Waals surface area contributed by atoms with Gasteiger partial charge in [0.05, 0.1) is 18.8 Å². The fourth-order valence-electron chi connectivity index (χ4n) is 2.60. The van der Waals surface area contributed by atoms with Gasteiger partial charge in [-0.3, -0.25) is 4.90 Å². The number of benzene rings is 1. The van der Waals surface area contributed by atoms with Gasteiger partial charge in [0.2, 0.25) is 0 Å². The van der Waals surface area contributed by atoms with E-state index in [-0.39, 0.29) is 6.10 Å². The number of morpholine rings is 1. The summed E-state index contributed by atoms with van der Waals surface area (Å²) in [6, 6.07) is 8.94. The minimum Gasteiger partial charge on any atom is -0.374 e. The molecule has 0 spiro atoms. The first-order valence-corrected chi connectivity index (χ1v) is 7.31. The molecule has 1 heterocycles. The Labute approximate surface area is 118 Å². The molecule has 3 nitrogen and oxygen atoms in total. The van der Waals surface area contributed by atoms with Crippen LogP contribution in [0.1, 0.15) is 18.5 Å². The minimum atomic E-state index is 0.227. The average molecular weight is 313 g/mol. The second-order valence-electron chi connectivity index (χ2n) is 4.59. The molecule has 0 radical (unpaired) electrons. The second kappa shape index (κ2) is 6.66. The molecule has 1 fully saturated rings. The Morgan fingerprint density at radius 2 is 2.11 bits per heavy atom. The molecular weight excluding hydrogens is 292 g/mol. The van der Waals surface area contributed by atoms with Gasteiger partial charge in [0.15, 0.2) is 0 Å². The lowest BCUT2D eigenvalue weighted by Gasteiger charge is -2.41. The average Bonchev–Trinajstić information content (AvgIpc) is 2.40. The molecule has 0 aromatic heterocycles. The molecule has 2 unspecified atom stereocenters. The maximum Gasteiger partial charge on any atom is 0.0896 e. The van der Waals surface area contributed by atoms with E-state index in [0.29, 0.717) is 6.04 Å². The number of hydrogen-bond acceptors (Lipinski definition) is 3. The van der Waals surface area contributed by atoms with E-state index in [0.717, 1.165) is 30.7 Å². The summed E-state index contributed by atoms with van der Waals surface area (Å²) in [5.74, 6) is 0. The first-order valence-electron chi connectivity index (χ1n) is 6.52. The zero-order chi connectivity index (χ0) is 13.0. The van der Waals surface area contributed by atoms with Crippen molar-refractivity contribution in [1.29, 1.82) is 0 Å². The van der Waals surface area contributed by atoms with Gasteiger partial charge >= 0.3 is 0 Å². The predicted octanol–water partition coefficient (Wildman–Crippen LogP) is 2.43. The molecule has 1 saturated heterocycles. The van der Waals surface area contributed by atoms with Gasteiger partial charge in [0, 0.05) is 17.6 Å². The fourth-order valence-corrected chi connectivity index (χ4v) is 2.86. The first kappa shape index (κ1) is 14.0.